The molecule has 0 N–H and O–H groups in total. The molecule has 2 aromatic rings. The van der Waals surface area contributed by atoms with Crippen molar-refractivity contribution in [3.8, 4) is 0 Å². The summed E-state index contributed by atoms with van der Waals surface area (Å²) in [5, 5.41) is 0. The van der Waals surface area contributed by atoms with E-state index < -0.39 is 0 Å². The van der Waals surface area contributed by atoms with E-state index in [0.29, 0.717) is 5.69 Å². The van der Waals surface area contributed by atoms with Crippen molar-refractivity contribution in [2.75, 3.05) is 0 Å². The zero-order valence-electron chi connectivity index (χ0n) is 9.47. The standard InChI is InChI=1S/C13H14N2O/c1-10-3-4-12(5-11(10)2)6-15-7-13(8-16)14-9-15/h3-5,7-9H,6H2,1-2H3. The van der Waals surface area contributed by atoms with Gasteiger partial charge in [0.05, 0.1) is 6.33 Å². The van der Waals surface area contributed by atoms with E-state index in [-0.39, 0.29) is 0 Å². The van der Waals surface area contributed by atoms with Crippen LogP contribution in [-0.2, 0) is 6.54 Å². The Balaban J connectivity index is 2.20. The number of rotatable bonds is 3. The van der Waals surface area contributed by atoms with Gasteiger partial charge in [-0.05, 0) is 30.5 Å². The minimum atomic E-state index is 0.476. The maximum absolute atomic E-state index is 10.5. The first-order valence-corrected chi connectivity index (χ1v) is 5.22. The van der Waals surface area contributed by atoms with E-state index in [1.807, 2.05) is 4.57 Å². The van der Waals surface area contributed by atoms with Gasteiger partial charge in [-0.1, -0.05) is 18.2 Å². The largest absolute Gasteiger partial charge is 0.332 e. The highest BCUT2D eigenvalue weighted by Crippen LogP contribution is 2.11. The summed E-state index contributed by atoms with van der Waals surface area (Å²) < 4.78 is 1.91. The van der Waals surface area contributed by atoms with Gasteiger partial charge in [0.15, 0.2) is 6.29 Å². The summed E-state index contributed by atoms with van der Waals surface area (Å²) in [5.74, 6) is 0. The lowest BCUT2D eigenvalue weighted by molar-refractivity contribution is 0.111. The number of benzene rings is 1. The van der Waals surface area contributed by atoms with Crippen molar-refractivity contribution in [1.29, 1.82) is 0 Å². The SMILES string of the molecule is Cc1ccc(Cn2cnc(C=O)c2)cc1C. The van der Waals surface area contributed by atoms with Crippen LogP contribution in [0.5, 0.6) is 0 Å². The second-order valence-electron chi connectivity index (χ2n) is 4.01. The lowest BCUT2D eigenvalue weighted by Crippen LogP contribution is -1.97. The number of hydrogen-bond donors (Lipinski definition) is 0. The van der Waals surface area contributed by atoms with Gasteiger partial charge in [0.25, 0.3) is 0 Å². The Morgan fingerprint density at radius 2 is 2.12 bits per heavy atom. The fourth-order valence-corrected chi connectivity index (χ4v) is 1.64. The average molecular weight is 214 g/mol. The smallest absolute Gasteiger partial charge is 0.169 e. The molecule has 0 aliphatic carbocycles. The molecule has 1 aromatic heterocycles. The number of aromatic nitrogens is 2. The Labute approximate surface area is 94.7 Å². The predicted octanol–water partition coefficient (Wildman–Crippen LogP) is 2.36. The highest BCUT2D eigenvalue weighted by atomic mass is 16.1. The zero-order valence-corrected chi connectivity index (χ0v) is 9.47. The molecule has 0 aliphatic rings. The van der Waals surface area contributed by atoms with E-state index in [2.05, 4.69) is 37.0 Å². The van der Waals surface area contributed by atoms with Gasteiger partial charge in [0.1, 0.15) is 5.69 Å². The van der Waals surface area contributed by atoms with Gasteiger partial charge in [-0.25, -0.2) is 4.98 Å². The monoisotopic (exact) mass is 214 g/mol. The molecule has 0 unspecified atom stereocenters. The van der Waals surface area contributed by atoms with E-state index in [0.717, 1.165) is 12.8 Å². The minimum absolute atomic E-state index is 0.476. The summed E-state index contributed by atoms with van der Waals surface area (Å²) in [4.78, 5) is 14.5. The van der Waals surface area contributed by atoms with Gasteiger partial charge in [-0.2, -0.15) is 0 Å². The second kappa shape index (κ2) is 4.31. The molecule has 0 atom stereocenters. The quantitative estimate of drug-likeness (QED) is 0.735. The third kappa shape index (κ3) is 2.19. The maximum Gasteiger partial charge on any atom is 0.169 e. The summed E-state index contributed by atoms with van der Waals surface area (Å²) in [5.41, 5.74) is 4.28. The molecule has 0 aliphatic heterocycles. The van der Waals surface area contributed by atoms with Crippen LogP contribution in [0.25, 0.3) is 0 Å². The fraction of sp³-hybridized carbons (Fsp3) is 0.231. The van der Waals surface area contributed by atoms with Gasteiger partial charge in [0, 0.05) is 12.7 Å². The van der Waals surface area contributed by atoms with E-state index in [4.69, 9.17) is 0 Å². The number of carbonyl (C=O) groups is 1. The first kappa shape index (κ1) is 10.6. The molecule has 82 valence electrons. The Hall–Kier alpha value is -1.90. The molecule has 1 aromatic carbocycles. The number of nitrogens with zero attached hydrogens (tertiary/aromatic N) is 2. The van der Waals surface area contributed by atoms with E-state index in [1.54, 1.807) is 12.5 Å². The summed E-state index contributed by atoms with van der Waals surface area (Å²) in [6.45, 7) is 4.95. The second-order valence-corrected chi connectivity index (χ2v) is 4.01. The Morgan fingerprint density at radius 3 is 2.75 bits per heavy atom. The maximum atomic E-state index is 10.5. The molecule has 0 spiro atoms. The van der Waals surface area contributed by atoms with E-state index in [1.165, 1.54) is 16.7 Å². The van der Waals surface area contributed by atoms with Crippen LogP contribution in [0.15, 0.2) is 30.7 Å². The molecule has 0 radical (unpaired) electrons. The van der Waals surface area contributed by atoms with Gasteiger partial charge in [-0.15, -0.1) is 0 Å². The third-order valence-electron chi connectivity index (χ3n) is 2.71. The van der Waals surface area contributed by atoms with Crippen LogP contribution in [0.4, 0.5) is 0 Å². The van der Waals surface area contributed by atoms with Crippen LogP contribution < -0.4 is 0 Å². The molecular formula is C13H14N2O. The van der Waals surface area contributed by atoms with Crippen LogP contribution in [-0.4, -0.2) is 15.8 Å². The lowest BCUT2D eigenvalue weighted by atomic mass is 10.1. The normalized spacial score (nSPS) is 10.4. The van der Waals surface area contributed by atoms with Crippen LogP contribution in [0.3, 0.4) is 0 Å². The molecule has 0 saturated heterocycles. The first-order valence-electron chi connectivity index (χ1n) is 5.22. The predicted molar refractivity (Wildman–Crippen MR) is 62.6 cm³/mol. The molecule has 0 amide bonds. The number of imidazole rings is 1. The van der Waals surface area contributed by atoms with Crippen molar-refractivity contribution in [2.45, 2.75) is 20.4 Å². The number of hydrogen-bond acceptors (Lipinski definition) is 2. The zero-order chi connectivity index (χ0) is 11.5. The summed E-state index contributed by atoms with van der Waals surface area (Å²) in [7, 11) is 0. The van der Waals surface area contributed by atoms with E-state index in [9.17, 15) is 4.79 Å². The number of carbonyl (C=O) groups excluding carboxylic acids is 1. The summed E-state index contributed by atoms with van der Waals surface area (Å²) in [6.07, 6.45) is 4.19. The molecule has 2 rings (SSSR count). The lowest BCUT2D eigenvalue weighted by Gasteiger charge is -2.05. The summed E-state index contributed by atoms with van der Waals surface area (Å²) in [6, 6.07) is 6.38. The molecule has 0 saturated carbocycles. The molecule has 0 fully saturated rings. The van der Waals surface area contributed by atoms with Crippen molar-refractivity contribution in [3.05, 3.63) is 53.1 Å². The number of aldehydes is 1. The van der Waals surface area contributed by atoms with Crippen LogP contribution >= 0.6 is 0 Å². The average Bonchev–Trinajstić information content (AvgIpc) is 2.71. The highest BCUT2D eigenvalue weighted by Gasteiger charge is 2.00. The molecule has 0 bridgehead atoms. The molecule has 1 heterocycles. The van der Waals surface area contributed by atoms with Crippen LogP contribution in [0.2, 0.25) is 0 Å². The number of aryl methyl sites for hydroxylation is 2. The molecule has 3 heteroatoms. The fourth-order valence-electron chi connectivity index (χ4n) is 1.64. The van der Waals surface area contributed by atoms with Gasteiger partial charge in [-0.3, -0.25) is 4.79 Å². The van der Waals surface area contributed by atoms with Crippen molar-refractivity contribution >= 4 is 6.29 Å². The van der Waals surface area contributed by atoms with Crippen molar-refractivity contribution in [1.82, 2.24) is 9.55 Å². The molecular weight excluding hydrogens is 200 g/mol. The van der Waals surface area contributed by atoms with Gasteiger partial charge >= 0.3 is 0 Å². The Bertz CT molecular complexity index is 514. The highest BCUT2D eigenvalue weighted by molar-refractivity contribution is 5.70. The minimum Gasteiger partial charge on any atom is -0.332 e. The van der Waals surface area contributed by atoms with Gasteiger partial charge < -0.3 is 4.57 Å². The van der Waals surface area contributed by atoms with Crippen LogP contribution in [0.1, 0.15) is 27.2 Å². The third-order valence-corrected chi connectivity index (χ3v) is 2.71. The summed E-state index contributed by atoms with van der Waals surface area (Å²) >= 11 is 0. The van der Waals surface area contributed by atoms with Gasteiger partial charge in [0.2, 0.25) is 0 Å². The van der Waals surface area contributed by atoms with Crippen molar-refractivity contribution < 1.29 is 4.79 Å². The molecule has 3 nitrogen and oxygen atoms in total. The van der Waals surface area contributed by atoms with Crippen molar-refractivity contribution in [2.24, 2.45) is 0 Å². The van der Waals surface area contributed by atoms with E-state index >= 15 is 0 Å². The van der Waals surface area contributed by atoms with Crippen LogP contribution in [0, 0.1) is 13.8 Å². The first-order chi connectivity index (χ1) is 7.69. The Morgan fingerprint density at radius 1 is 1.31 bits per heavy atom. The van der Waals surface area contributed by atoms with Crippen molar-refractivity contribution in [3.63, 3.8) is 0 Å². The molecule has 16 heavy (non-hydrogen) atoms. The Kier molecular flexibility index (Phi) is 2.86. The topological polar surface area (TPSA) is 34.9 Å².